The molecule has 0 radical (unpaired) electrons. The number of hydrogen-bond donors (Lipinski definition) is 2. The molecule has 1 aliphatic rings. The molecule has 2 heterocycles. The van der Waals surface area contributed by atoms with Crippen LogP contribution in [0.5, 0.6) is 0 Å². The Labute approximate surface area is 119 Å². The maximum Gasteiger partial charge on any atom is 0.176 e. The normalized spacial score (nSPS) is 15.8. The monoisotopic (exact) mass is 282 g/mol. The maximum absolute atomic E-state index is 13.1. The van der Waals surface area contributed by atoms with Gasteiger partial charge in [0.2, 0.25) is 0 Å². The zero-order valence-electron chi connectivity index (χ0n) is 10.9. The molecule has 0 saturated carbocycles. The molecule has 7 heteroatoms. The fourth-order valence-corrected chi connectivity index (χ4v) is 1.81. The number of benzene rings is 1. The van der Waals surface area contributed by atoms with E-state index in [0.717, 1.165) is 5.56 Å². The largest absolute Gasteiger partial charge is 0.380 e. The molecule has 0 saturated heterocycles. The summed E-state index contributed by atoms with van der Waals surface area (Å²) in [6.07, 6.45) is 3.29. The second-order valence-electron chi connectivity index (χ2n) is 4.25. The highest BCUT2D eigenvalue weighted by Crippen LogP contribution is 2.11. The van der Waals surface area contributed by atoms with Gasteiger partial charge in [-0.2, -0.15) is 5.10 Å². The molecule has 3 rings (SSSR count). The lowest BCUT2D eigenvalue weighted by Gasteiger charge is -2.05. The van der Waals surface area contributed by atoms with E-state index < -0.39 is 0 Å². The van der Waals surface area contributed by atoms with Gasteiger partial charge in [-0.15, -0.1) is 10.2 Å². The van der Waals surface area contributed by atoms with Crippen LogP contribution in [0.15, 0.2) is 64.1 Å². The third-order valence-electron chi connectivity index (χ3n) is 2.80. The van der Waals surface area contributed by atoms with Crippen LogP contribution in [-0.4, -0.2) is 22.2 Å². The minimum absolute atomic E-state index is 0.200. The first-order valence-electron chi connectivity index (χ1n) is 6.15. The van der Waals surface area contributed by atoms with Crippen molar-refractivity contribution in [2.75, 3.05) is 5.43 Å². The summed E-state index contributed by atoms with van der Waals surface area (Å²) in [6.45, 7) is 0. The van der Waals surface area contributed by atoms with Crippen molar-refractivity contribution in [1.82, 2.24) is 4.98 Å². The SMILES string of the molecule is NC1=NN=C(c2ccncc2)/C1=N\Nc1cccc(F)c1. The maximum atomic E-state index is 13.1. The first-order valence-corrected chi connectivity index (χ1v) is 6.15. The summed E-state index contributed by atoms with van der Waals surface area (Å²) in [4.78, 5) is 3.94. The lowest BCUT2D eigenvalue weighted by molar-refractivity contribution is 0.628. The van der Waals surface area contributed by atoms with Gasteiger partial charge in [0.25, 0.3) is 0 Å². The predicted octanol–water partition coefficient (Wildman–Crippen LogP) is 1.76. The van der Waals surface area contributed by atoms with Crippen molar-refractivity contribution >= 4 is 22.9 Å². The molecule has 0 spiro atoms. The Morgan fingerprint density at radius 3 is 2.67 bits per heavy atom. The Bertz CT molecular complexity index is 751. The molecule has 3 N–H and O–H groups in total. The molecule has 0 amide bonds. The van der Waals surface area contributed by atoms with Gasteiger partial charge in [0.1, 0.15) is 11.5 Å². The van der Waals surface area contributed by atoms with Crippen molar-refractivity contribution in [3.05, 3.63) is 60.2 Å². The lowest BCUT2D eigenvalue weighted by Crippen LogP contribution is -2.28. The number of nitrogens with two attached hydrogens (primary N) is 1. The van der Waals surface area contributed by atoms with Crippen molar-refractivity contribution in [2.45, 2.75) is 0 Å². The average molecular weight is 282 g/mol. The number of nitrogens with one attached hydrogen (secondary N) is 1. The van der Waals surface area contributed by atoms with E-state index in [1.54, 1.807) is 36.7 Å². The molecule has 21 heavy (non-hydrogen) atoms. The van der Waals surface area contributed by atoms with E-state index in [1.165, 1.54) is 12.1 Å². The summed E-state index contributed by atoms with van der Waals surface area (Å²) >= 11 is 0. The van der Waals surface area contributed by atoms with Crippen LogP contribution in [0.3, 0.4) is 0 Å². The lowest BCUT2D eigenvalue weighted by atomic mass is 10.1. The zero-order valence-corrected chi connectivity index (χ0v) is 10.9. The van der Waals surface area contributed by atoms with Crippen LogP contribution in [-0.2, 0) is 0 Å². The van der Waals surface area contributed by atoms with Gasteiger partial charge in [-0.25, -0.2) is 4.39 Å². The molecule has 1 aliphatic heterocycles. The van der Waals surface area contributed by atoms with Crippen LogP contribution >= 0.6 is 0 Å². The van der Waals surface area contributed by atoms with Gasteiger partial charge in [-0.3, -0.25) is 10.4 Å². The Hall–Kier alpha value is -3.09. The quantitative estimate of drug-likeness (QED) is 0.841. The minimum atomic E-state index is -0.351. The molecular weight excluding hydrogens is 271 g/mol. The predicted molar refractivity (Wildman–Crippen MR) is 79.9 cm³/mol. The molecule has 6 nitrogen and oxygen atoms in total. The Morgan fingerprint density at radius 1 is 1.10 bits per heavy atom. The molecule has 2 aromatic rings. The fraction of sp³-hybridized carbons (Fsp3) is 0. The average Bonchev–Trinajstić information content (AvgIpc) is 2.87. The van der Waals surface area contributed by atoms with Gasteiger partial charge in [-0.05, 0) is 30.3 Å². The van der Waals surface area contributed by atoms with Gasteiger partial charge in [0.05, 0.1) is 5.69 Å². The van der Waals surface area contributed by atoms with Crippen molar-refractivity contribution in [3.8, 4) is 0 Å². The van der Waals surface area contributed by atoms with Gasteiger partial charge in [-0.1, -0.05) is 6.07 Å². The molecule has 104 valence electrons. The Morgan fingerprint density at radius 2 is 1.90 bits per heavy atom. The van der Waals surface area contributed by atoms with E-state index in [4.69, 9.17) is 5.73 Å². The highest BCUT2D eigenvalue weighted by Gasteiger charge is 2.21. The fourth-order valence-electron chi connectivity index (χ4n) is 1.81. The molecule has 1 aromatic heterocycles. The first-order chi connectivity index (χ1) is 10.2. The Balaban J connectivity index is 1.87. The van der Waals surface area contributed by atoms with Crippen LogP contribution in [0.4, 0.5) is 10.1 Å². The third kappa shape index (κ3) is 2.76. The summed E-state index contributed by atoms with van der Waals surface area (Å²) < 4.78 is 13.1. The molecule has 0 fully saturated rings. The number of halogens is 1. The molecule has 0 unspecified atom stereocenters. The van der Waals surface area contributed by atoms with Crippen LogP contribution in [0.1, 0.15) is 5.56 Å². The van der Waals surface area contributed by atoms with Gasteiger partial charge in [0, 0.05) is 18.0 Å². The van der Waals surface area contributed by atoms with Crippen molar-refractivity contribution in [3.63, 3.8) is 0 Å². The summed E-state index contributed by atoms with van der Waals surface area (Å²) in [7, 11) is 0. The summed E-state index contributed by atoms with van der Waals surface area (Å²) in [6, 6.07) is 9.53. The number of amidine groups is 1. The summed E-state index contributed by atoms with van der Waals surface area (Å²) in [5, 5.41) is 12.0. The van der Waals surface area contributed by atoms with E-state index in [1.807, 2.05) is 0 Å². The van der Waals surface area contributed by atoms with Crippen molar-refractivity contribution in [1.29, 1.82) is 0 Å². The first kappa shape index (κ1) is 12.9. The summed E-state index contributed by atoms with van der Waals surface area (Å²) in [5.74, 6) is -0.151. The number of pyridine rings is 1. The highest BCUT2D eigenvalue weighted by atomic mass is 19.1. The van der Waals surface area contributed by atoms with Gasteiger partial charge in [0.15, 0.2) is 11.5 Å². The number of hydrazone groups is 1. The zero-order chi connectivity index (χ0) is 14.7. The van der Waals surface area contributed by atoms with E-state index in [0.29, 0.717) is 17.1 Å². The van der Waals surface area contributed by atoms with Gasteiger partial charge >= 0.3 is 0 Å². The van der Waals surface area contributed by atoms with Gasteiger partial charge < -0.3 is 5.73 Å². The van der Waals surface area contributed by atoms with Crippen LogP contribution in [0.2, 0.25) is 0 Å². The van der Waals surface area contributed by atoms with E-state index in [2.05, 4.69) is 25.7 Å². The minimum Gasteiger partial charge on any atom is -0.380 e. The number of anilines is 1. The Kier molecular flexibility index (Phi) is 3.38. The van der Waals surface area contributed by atoms with Crippen molar-refractivity contribution < 1.29 is 4.39 Å². The second-order valence-corrected chi connectivity index (χ2v) is 4.25. The number of rotatable bonds is 3. The molecule has 1 aromatic carbocycles. The third-order valence-corrected chi connectivity index (χ3v) is 2.80. The summed E-state index contributed by atoms with van der Waals surface area (Å²) in [5.41, 5.74) is 10.8. The molecular formula is C14H11FN6. The standard InChI is InChI=1S/C14H11FN6/c15-10-2-1-3-11(8-10)18-20-13-12(19-21-14(13)16)9-4-6-17-7-5-9/h1-8,18H,(H2,16,20,21). The number of aromatic nitrogens is 1. The smallest absolute Gasteiger partial charge is 0.176 e. The highest BCUT2D eigenvalue weighted by molar-refractivity contribution is 6.72. The number of hydrogen-bond acceptors (Lipinski definition) is 6. The van der Waals surface area contributed by atoms with Crippen LogP contribution in [0.25, 0.3) is 0 Å². The second kappa shape index (κ2) is 5.49. The van der Waals surface area contributed by atoms with E-state index in [9.17, 15) is 4.39 Å². The van der Waals surface area contributed by atoms with Crippen LogP contribution < -0.4 is 11.2 Å². The molecule has 0 bridgehead atoms. The topological polar surface area (TPSA) is 88.0 Å². The van der Waals surface area contributed by atoms with Crippen LogP contribution in [0, 0.1) is 5.82 Å². The van der Waals surface area contributed by atoms with Crippen molar-refractivity contribution in [2.24, 2.45) is 21.0 Å². The van der Waals surface area contributed by atoms with E-state index in [-0.39, 0.29) is 11.7 Å². The van der Waals surface area contributed by atoms with E-state index >= 15 is 0 Å². The molecule has 0 atom stereocenters. The molecule has 0 aliphatic carbocycles. The number of nitrogens with zero attached hydrogens (tertiary/aromatic N) is 4.